The van der Waals surface area contributed by atoms with Gasteiger partial charge < -0.3 is 9.80 Å². The zero-order chi connectivity index (χ0) is 25.7. The second-order valence-electron chi connectivity index (χ2n) is 10.4. The fraction of sp³-hybridized carbons (Fsp3) is 0.393. The third-order valence-corrected chi connectivity index (χ3v) is 9.18. The largest absolute Gasteiger partial charge is 0.355 e. The molecule has 1 amide bonds. The third-order valence-electron chi connectivity index (χ3n) is 8.08. The Bertz CT molecular complexity index is 1450. The monoisotopic (exact) mass is 514 g/mol. The van der Waals surface area contributed by atoms with Crippen molar-refractivity contribution in [3.05, 3.63) is 69.7 Å². The molecular weight excluding hydrogens is 487 g/mol. The molecule has 0 saturated carbocycles. The van der Waals surface area contributed by atoms with Crippen LogP contribution in [0.2, 0.25) is 0 Å². The summed E-state index contributed by atoms with van der Waals surface area (Å²) in [5.41, 5.74) is 5.95. The van der Waals surface area contributed by atoms with Crippen molar-refractivity contribution in [3.63, 3.8) is 0 Å². The van der Waals surface area contributed by atoms with Crippen molar-refractivity contribution < 1.29 is 9.18 Å². The molecule has 3 aromatic heterocycles. The number of hydrogen-bond donors (Lipinski definition) is 0. The predicted molar refractivity (Wildman–Crippen MR) is 140 cm³/mol. The fourth-order valence-corrected chi connectivity index (χ4v) is 7.21. The molecule has 2 saturated heterocycles. The zero-order valence-corrected chi connectivity index (χ0v) is 21.5. The molecule has 3 aromatic rings. The van der Waals surface area contributed by atoms with E-state index in [4.69, 9.17) is 4.98 Å². The van der Waals surface area contributed by atoms with E-state index in [2.05, 4.69) is 27.5 Å². The number of halogens is 1. The molecule has 1 unspecified atom stereocenters. The molecule has 7 nitrogen and oxygen atoms in total. The van der Waals surface area contributed by atoms with E-state index in [-0.39, 0.29) is 17.0 Å². The molecule has 6 rings (SSSR count). The number of nitrogens with zero attached hydrogens (tertiary/aromatic N) is 6. The van der Waals surface area contributed by atoms with Crippen LogP contribution in [0.25, 0.3) is 11.3 Å². The Hall–Kier alpha value is -3.64. The highest BCUT2D eigenvalue weighted by atomic mass is 32.1. The number of thiazole rings is 1. The van der Waals surface area contributed by atoms with Crippen LogP contribution in [0, 0.1) is 29.5 Å². The first-order chi connectivity index (χ1) is 17.9. The molecule has 0 bridgehead atoms. The summed E-state index contributed by atoms with van der Waals surface area (Å²) in [6, 6.07) is 5.33. The summed E-state index contributed by atoms with van der Waals surface area (Å²) in [5.74, 6) is 0.415. The minimum Gasteiger partial charge on any atom is -0.355 e. The number of pyridine rings is 2. The molecule has 5 heterocycles. The highest BCUT2D eigenvalue weighted by Crippen LogP contribution is 2.46. The summed E-state index contributed by atoms with van der Waals surface area (Å²) in [5, 5.41) is 10.4. The quantitative estimate of drug-likeness (QED) is 0.479. The molecule has 1 aliphatic carbocycles. The van der Waals surface area contributed by atoms with Crippen molar-refractivity contribution in [2.24, 2.45) is 5.41 Å². The van der Waals surface area contributed by atoms with Crippen LogP contribution in [0.3, 0.4) is 0 Å². The number of nitriles is 1. The van der Waals surface area contributed by atoms with Gasteiger partial charge in [0.15, 0.2) is 0 Å². The predicted octanol–water partition coefficient (Wildman–Crippen LogP) is 4.42. The van der Waals surface area contributed by atoms with E-state index < -0.39 is 5.82 Å². The normalized spacial score (nSPS) is 19.9. The van der Waals surface area contributed by atoms with Crippen LogP contribution in [-0.4, -0.2) is 51.9 Å². The number of rotatable bonds is 4. The van der Waals surface area contributed by atoms with Crippen molar-refractivity contribution in [2.75, 3.05) is 31.1 Å². The number of carbonyl (C=O) groups excluding carboxylic acids is 1. The maximum absolute atomic E-state index is 15.1. The molecule has 3 aliphatic rings. The molecule has 0 radical (unpaired) electrons. The van der Waals surface area contributed by atoms with Gasteiger partial charge in [-0.1, -0.05) is 6.58 Å². The summed E-state index contributed by atoms with van der Waals surface area (Å²) < 4.78 is 15.1. The van der Waals surface area contributed by atoms with Crippen LogP contribution in [-0.2, 0) is 17.6 Å². The van der Waals surface area contributed by atoms with Crippen LogP contribution in [0.1, 0.15) is 46.2 Å². The van der Waals surface area contributed by atoms with Gasteiger partial charge in [0.25, 0.3) is 0 Å². The molecule has 1 atom stereocenters. The summed E-state index contributed by atoms with van der Waals surface area (Å²) in [6.45, 7) is 8.42. The second-order valence-corrected chi connectivity index (χ2v) is 11.3. The van der Waals surface area contributed by atoms with Gasteiger partial charge in [-0.25, -0.2) is 14.4 Å². The Kier molecular flexibility index (Phi) is 5.80. The first-order valence-electron chi connectivity index (χ1n) is 12.6. The highest BCUT2D eigenvalue weighted by molar-refractivity contribution is 7.09. The third kappa shape index (κ3) is 3.91. The molecule has 188 valence electrons. The van der Waals surface area contributed by atoms with Crippen molar-refractivity contribution in [1.82, 2.24) is 19.9 Å². The maximum Gasteiger partial charge on any atom is 0.245 e. The van der Waals surface area contributed by atoms with Crippen LogP contribution in [0.4, 0.5) is 10.2 Å². The van der Waals surface area contributed by atoms with E-state index in [1.165, 1.54) is 17.0 Å². The van der Waals surface area contributed by atoms with Crippen molar-refractivity contribution in [1.29, 1.82) is 5.26 Å². The van der Waals surface area contributed by atoms with Crippen LogP contribution < -0.4 is 4.90 Å². The van der Waals surface area contributed by atoms with Crippen LogP contribution >= 0.6 is 11.3 Å². The Morgan fingerprint density at radius 1 is 1.35 bits per heavy atom. The van der Waals surface area contributed by atoms with Gasteiger partial charge in [-0.2, -0.15) is 5.26 Å². The summed E-state index contributed by atoms with van der Waals surface area (Å²) in [4.78, 5) is 31.2. The number of carbonyl (C=O) groups is 1. The molecule has 37 heavy (non-hydrogen) atoms. The van der Waals surface area contributed by atoms with Crippen molar-refractivity contribution in [2.45, 2.75) is 38.5 Å². The minimum atomic E-state index is -0.436. The van der Waals surface area contributed by atoms with Gasteiger partial charge in [0.2, 0.25) is 5.91 Å². The molecule has 2 aliphatic heterocycles. The lowest BCUT2D eigenvalue weighted by Crippen LogP contribution is -2.59. The topological polar surface area (TPSA) is 86.0 Å². The van der Waals surface area contributed by atoms with E-state index in [9.17, 15) is 10.1 Å². The Labute approximate surface area is 219 Å². The maximum atomic E-state index is 15.1. The van der Waals surface area contributed by atoms with E-state index in [1.54, 1.807) is 28.5 Å². The first-order valence-corrected chi connectivity index (χ1v) is 13.4. The average Bonchev–Trinajstić information content (AvgIpc) is 3.53. The average molecular weight is 515 g/mol. The van der Waals surface area contributed by atoms with E-state index in [0.29, 0.717) is 48.9 Å². The van der Waals surface area contributed by atoms with Crippen molar-refractivity contribution in [3.8, 4) is 17.3 Å². The zero-order valence-electron chi connectivity index (χ0n) is 20.7. The van der Waals surface area contributed by atoms with Gasteiger partial charge in [-0.3, -0.25) is 9.78 Å². The number of likely N-dealkylation sites (tertiary alicyclic amines) is 1. The van der Waals surface area contributed by atoms with Gasteiger partial charge in [-0.05, 0) is 56.4 Å². The van der Waals surface area contributed by atoms with Gasteiger partial charge in [0, 0.05) is 59.8 Å². The molecular formula is C28H27FN6OS. The van der Waals surface area contributed by atoms with E-state index in [0.717, 1.165) is 42.8 Å². The van der Waals surface area contributed by atoms with E-state index >= 15 is 4.39 Å². The highest BCUT2D eigenvalue weighted by Gasteiger charge is 2.49. The molecule has 2 fully saturated rings. The van der Waals surface area contributed by atoms with Crippen LogP contribution in [0.5, 0.6) is 0 Å². The van der Waals surface area contributed by atoms with Crippen LogP contribution in [0.15, 0.2) is 36.5 Å². The summed E-state index contributed by atoms with van der Waals surface area (Å²) in [6.07, 6.45) is 6.15. The summed E-state index contributed by atoms with van der Waals surface area (Å²) >= 11 is 1.67. The Morgan fingerprint density at radius 3 is 2.89 bits per heavy atom. The molecule has 1 spiro atoms. The van der Waals surface area contributed by atoms with Gasteiger partial charge in [0.05, 0.1) is 11.2 Å². The SMILES string of the molecule is C=CC(=O)N1CC2(CCN(c3nc4c(c(-c5ncccc5F)c3C#N)CCC(c3scnc3C)C4)C2)C1. The van der Waals surface area contributed by atoms with E-state index in [1.807, 2.05) is 12.4 Å². The number of anilines is 1. The Morgan fingerprint density at radius 2 is 2.19 bits per heavy atom. The number of aryl methyl sites for hydroxylation is 1. The first kappa shape index (κ1) is 23.7. The van der Waals surface area contributed by atoms with Crippen molar-refractivity contribution >= 4 is 23.1 Å². The standard InChI is InChI=1S/C28H27FN6OS/c1-3-23(36)35-14-28(15-35)8-10-34(13-28)27-20(12-30)24(25-21(29)5-4-9-31-25)19-7-6-18(11-22(19)33-27)26-17(2)32-16-37-26/h3-5,9,16,18H,1,6-8,10-11,13-15H2,2H3. The van der Waals surface area contributed by atoms with Gasteiger partial charge in [0.1, 0.15) is 29.0 Å². The Balaban J connectivity index is 1.42. The molecule has 0 aromatic carbocycles. The number of hydrogen-bond acceptors (Lipinski definition) is 7. The lowest BCUT2D eigenvalue weighted by atomic mass is 9.79. The number of amides is 1. The number of aromatic nitrogens is 3. The molecule has 9 heteroatoms. The lowest BCUT2D eigenvalue weighted by molar-refractivity contribution is -0.136. The minimum absolute atomic E-state index is 0.0122. The fourth-order valence-electron chi connectivity index (χ4n) is 6.26. The number of fused-ring (bicyclic) bond motifs is 1. The van der Waals surface area contributed by atoms with Gasteiger partial charge >= 0.3 is 0 Å². The molecule has 0 N–H and O–H groups in total. The van der Waals surface area contributed by atoms with Gasteiger partial charge in [-0.15, -0.1) is 11.3 Å². The smallest absolute Gasteiger partial charge is 0.245 e. The second kappa shape index (κ2) is 9.03. The lowest BCUT2D eigenvalue weighted by Gasteiger charge is -2.47. The summed E-state index contributed by atoms with van der Waals surface area (Å²) in [7, 11) is 0.